The Kier molecular flexibility index (Phi) is 5.79. The van der Waals surface area contributed by atoms with Crippen molar-refractivity contribution < 1.29 is 14.4 Å². The van der Waals surface area contributed by atoms with Gasteiger partial charge in [-0.25, -0.2) is 4.90 Å². The van der Waals surface area contributed by atoms with Gasteiger partial charge in [0, 0.05) is 16.9 Å². The third-order valence-electron chi connectivity index (χ3n) is 5.27. The van der Waals surface area contributed by atoms with E-state index in [1.54, 1.807) is 48.5 Å². The molecule has 0 spiro atoms. The van der Waals surface area contributed by atoms with Gasteiger partial charge in [-0.05, 0) is 61.4 Å². The van der Waals surface area contributed by atoms with E-state index in [0.717, 1.165) is 16.0 Å². The van der Waals surface area contributed by atoms with Gasteiger partial charge in [0.2, 0.25) is 0 Å². The summed E-state index contributed by atoms with van der Waals surface area (Å²) in [6, 6.07) is 21.1. The molecule has 0 aromatic heterocycles. The van der Waals surface area contributed by atoms with E-state index in [9.17, 15) is 14.4 Å². The van der Waals surface area contributed by atoms with Crippen LogP contribution >= 0.6 is 11.6 Å². The number of hydrogen-bond acceptors (Lipinski definition) is 4. The normalized spacial score (nSPS) is 13.5. The van der Waals surface area contributed by atoms with E-state index in [2.05, 4.69) is 10.6 Å². The van der Waals surface area contributed by atoms with Crippen molar-refractivity contribution in [3.05, 3.63) is 100 Å². The lowest BCUT2D eigenvalue weighted by molar-refractivity contribution is -0.120. The molecule has 32 heavy (non-hydrogen) atoms. The lowest BCUT2D eigenvalue weighted by Gasteiger charge is -2.18. The zero-order valence-corrected chi connectivity index (χ0v) is 18.2. The molecule has 6 nitrogen and oxygen atoms in total. The second kappa shape index (κ2) is 8.69. The summed E-state index contributed by atoms with van der Waals surface area (Å²) in [5.41, 5.74) is 3.75. The van der Waals surface area contributed by atoms with E-state index >= 15 is 0 Å². The fraction of sp³-hybridized carbons (Fsp3) is 0.0800. The van der Waals surface area contributed by atoms with E-state index in [1.165, 1.54) is 0 Å². The molecular formula is C25H20ClN3O3. The Labute approximate surface area is 190 Å². The quantitative estimate of drug-likeness (QED) is 0.542. The number of aryl methyl sites for hydroxylation is 1. The van der Waals surface area contributed by atoms with Crippen LogP contribution in [0, 0.1) is 13.8 Å². The van der Waals surface area contributed by atoms with Gasteiger partial charge in [0.05, 0.1) is 5.69 Å². The summed E-state index contributed by atoms with van der Waals surface area (Å²) in [6.45, 7) is 3.75. The molecule has 1 aliphatic rings. The number of anilines is 3. The van der Waals surface area contributed by atoms with Crippen molar-refractivity contribution in [2.24, 2.45) is 0 Å². The van der Waals surface area contributed by atoms with Crippen LogP contribution in [0.25, 0.3) is 0 Å². The summed E-state index contributed by atoms with van der Waals surface area (Å²) < 4.78 is 0. The average molecular weight is 446 g/mol. The van der Waals surface area contributed by atoms with E-state index < -0.39 is 11.8 Å². The smallest absolute Gasteiger partial charge is 0.283 e. The van der Waals surface area contributed by atoms with E-state index in [1.807, 2.05) is 38.1 Å². The summed E-state index contributed by atoms with van der Waals surface area (Å²) in [4.78, 5) is 39.5. The second-order valence-electron chi connectivity index (χ2n) is 7.38. The van der Waals surface area contributed by atoms with Gasteiger partial charge < -0.3 is 10.6 Å². The largest absolute Gasteiger partial charge is 0.350 e. The topological polar surface area (TPSA) is 78.5 Å². The van der Waals surface area contributed by atoms with Crippen molar-refractivity contribution in [2.45, 2.75) is 13.8 Å². The number of carbonyl (C=O) groups excluding carboxylic acids is 3. The first kappa shape index (κ1) is 21.3. The number of benzene rings is 3. The van der Waals surface area contributed by atoms with E-state index in [4.69, 9.17) is 11.6 Å². The van der Waals surface area contributed by atoms with Crippen LogP contribution < -0.4 is 15.5 Å². The Bertz CT molecular complexity index is 1270. The first-order chi connectivity index (χ1) is 15.4. The molecule has 160 valence electrons. The molecule has 0 aliphatic carbocycles. The monoisotopic (exact) mass is 445 g/mol. The molecule has 1 aliphatic heterocycles. The molecule has 3 amide bonds. The average Bonchev–Trinajstić information content (AvgIpc) is 3.00. The van der Waals surface area contributed by atoms with Crippen LogP contribution in [0.2, 0.25) is 0 Å². The number of imide groups is 1. The lowest BCUT2D eigenvalue weighted by atomic mass is 10.1. The van der Waals surface area contributed by atoms with Crippen molar-refractivity contribution in [3.63, 3.8) is 0 Å². The molecule has 0 radical (unpaired) electrons. The van der Waals surface area contributed by atoms with Gasteiger partial charge in [0.25, 0.3) is 17.7 Å². The highest BCUT2D eigenvalue weighted by molar-refractivity contribution is 6.53. The molecule has 0 fully saturated rings. The number of para-hydroxylation sites is 1. The molecule has 0 saturated carbocycles. The second-order valence-corrected chi connectivity index (χ2v) is 7.76. The molecule has 0 unspecified atom stereocenters. The van der Waals surface area contributed by atoms with Crippen LogP contribution in [0.5, 0.6) is 0 Å². The maximum absolute atomic E-state index is 13.1. The first-order valence-corrected chi connectivity index (χ1v) is 10.3. The predicted octanol–water partition coefficient (Wildman–Crippen LogP) is 4.99. The van der Waals surface area contributed by atoms with Crippen LogP contribution in [0.4, 0.5) is 17.1 Å². The highest BCUT2D eigenvalue weighted by Crippen LogP contribution is 2.33. The highest BCUT2D eigenvalue weighted by atomic mass is 35.5. The number of hydrogen-bond donors (Lipinski definition) is 2. The summed E-state index contributed by atoms with van der Waals surface area (Å²) in [5.74, 6) is -1.44. The fourth-order valence-electron chi connectivity index (χ4n) is 3.42. The summed E-state index contributed by atoms with van der Waals surface area (Å²) in [7, 11) is 0. The number of amides is 3. The van der Waals surface area contributed by atoms with Crippen LogP contribution in [-0.4, -0.2) is 17.7 Å². The molecule has 1 heterocycles. The molecule has 2 N–H and O–H groups in total. The standard InChI is InChI=1S/C25H20ClN3O3/c1-15-8-6-13-20(16(15)2)29-24(31)21(26)22(25(29)32)27-19-12-7-9-17(14-19)23(30)28-18-10-4-3-5-11-18/h3-14,27H,1-2H3,(H,28,30). The minimum absolute atomic E-state index is 0.0295. The van der Waals surface area contributed by atoms with Crippen molar-refractivity contribution >= 4 is 46.4 Å². The van der Waals surface area contributed by atoms with Crippen LogP contribution in [0.3, 0.4) is 0 Å². The predicted molar refractivity (Wildman–Crippen MR) is 126 cm³/mol. The van der Waals surface area contributed by atoms with Crippen molar-refractivity contribution in [2.75, 3.05) is 15.5 Å². The van der Waals surface area contributed by atoms with Crippen LogP contribution in [0.1, 0.15) is 21.5 Å². The Morgan fingerprint density at radius 2 is 1.53 bits per heavy atom. The molecule has 7 heteroatoms. The van der Waals surface area contributed by atoms with Gasteiger partial charge in [-0.1, -0.05) is 48.0 Å². The number of nitrogens with one attached hydrogen (secondary N) is 2. The molecule has 0 bridgehead atoms. The molecular weight excluding hydrogens is 426 g/mol. The van der Waals surface area contributed by atoms with Gasteiger partial charge >= 0.3 is 0 Å². The van der Waals surface area contributed by atoms with Crippen molar-refractivity contribution in [1.29, 1.82) is 0 Å². The molecule has 0 saturated heterocycles. The molecule has 4 rings (SSSR count). The third kappa shape index (κ3) is 4.00. The molecule has 3 aromatic carbocycles. The van der Waals surface area contributed by atoms with Crippen LogP contribution in [-0.2, 0) is 9.59 Å². The van der Waals surface area contributed by atoms with Crippen molar-refractivity contribution in [3.8, 4) is 0 Å². The zero-order chi connectivity index (χ0) is 22.8. The minimum atomic E-state index is -0.592. The Morgan fingerprint density at radius 3 is 2.28 bits per heavy atom. The van der Waals surface area contributed by atoms with Crippen LogP contribution in [0.15, 0.2) is 83.5 Å². The molecule has 3 aromatic rings. The Hall–Kier alpha value is -3.90. The van der Waals surface area contributed by atoms with Gasteiger partial charge in [-0.3, -0.25) is 14.4 Å². The summed E-state index contributed by atoms with van der Waals surface area (Å²) in [6.07, 6.45) is 0. The Balaban J connectivity index is 1.57. The summed E-state index contributed by atoms with van der Waals surface area (Å²) >= 11 is 6.25. The highest BCUT2D eigenvalue weighted by Gasteiger charge is 2.39. The van der Waals surface area contributed by atoms with Gasteiger partial charge in [-0.2, -0.15) is 0 Å². The summed E-state index contributed by atoms with van der Waals surface area (Å²) in [5, 5.41) is 5.53. The van der Waals surface area contributed by atoms with Gasteiger partial charge in [-0.15, -0.1) is 0 Å². The number of nitrogens with zero attached hydrogens (tertiary/aromatic N) is 1. The molecule has 0 atom stereocenters. The lowest BCUT2D eigenvalue weighted by Crippen LogP contribution is -2.33. The number of carbonyl (C=O) groups is 3. The van der Waals surface area contributed by atoms with E-state index in [-0.39, 0.29) is 16.6 Å². The maximum atomic E-state index is 13.1. The fourth-order valence-corrected chi connectivity index (χ4v) is 3.63. The maximum Gasteiger partial charge on any atom is 0.283 e. The minimum Gasteiger partial charge on any atom is -0.350 e. The third-order valence-corrected chi connectivity index (χ3v) is 5.62. The first-order valence-electron chi connectivity index (χ1n) is 9.95. The van der Waals surface area contributed by atoms with Gasteiger partial charge in [0.15, 0.2) is 0 Å². The van der Waals surface area contributed by atoms with Gasteiger partial charge in [0.1, 0.15) is 10.7 Å². The Morgan fingerprint density at radius 1 is 0.844 bits per heavy atom. The number of halogens is 1. The zero-order valence-electron chi connectivity index (χ0n) is 17.5. The van der Waals surface area contributed by atoms with E-state index in [0.29, 0.717) is 22.6 Å². The van der Waals surface area contributed by atoms with Crippen molar-refractivity contribution in [1.82, 2.24) is 0 Å². The SMILES string of the molecule is Cc1cccc(N2C(=O)C(Cl)=C(Nc3cccc(C(=O)Nc4ccccc4)c3)C2=O)c1C. The number of rotatable bonds is 5.